The SMILES string of the molecule is CN(C)c1ccnc(N2CCC3CCN(c4nccnc4C#N)C3C2)n1. The van der Waals surface area contributed by atoms with E-state index >= 15 is 0 Å². The summed E-state index contributed by atoms with van der Waals surface area (Å²) in [6.07, 6.45) is 7.27. The highest BCUT2D eigenvalue weighted by molar-refractivity contribution is 5.52. The van der Waals surface area contributed by atoms with Crippen LogP contribution in [0.5, 0.6) is 0 Å². The lowest BCUT2D eigenvalue weighted by Gasteiger charge is -2.39. The van der Waals surface area contributed by atoms with Crippen molar-refractivity contribution in [2.75, 3.05) is 48.4 Å². The molecule has 2 atom stereocenters. The number of piperidine rings is 1. The van der Waals surface area contributed by atoms with Gasteiger partial charge in [-0.2, -0.15) is 10.2 Å². The lowest BCUT2D eigenvalue weighted by molar-refractivity contribution is 0.386. The number of hydrogen-bond donors (Lipinski definition) is 0. The summed E-state index contributed by atoms with van der Waals surface area (Å²) in [4.78, 5) is 24.3. The third kappa shape index (κ3) is 2.90. The summed E-state index contributed by atoms with van der Waals surface area (Å²) in [7, 11) is 3.96. The minimum absolute atomic E-state index is 0.305. The zero-order valence-corrected chi connectivity index (χ0v) is 15.1. The highest BCUT2D eigenvalue weighted by Crippen LogP contribution is 2.36. The van der Waals surface area contributed by atoms with E-state index in [-0.39, 0.29) is 0 Å². The Morgan fingerprint density at radius 3 is 2.73 bits per heavy atom. The van der Waals surface area contributed by atoms with Gasteiger partial charge in [0.2, 0.25) is 5.95 Å². The predicted molar refractivity (Wildman–Crippen MR) is 99.2 cm³/mol. The molecule has 0 aliphatic carbocycles. The molecule has 2 aromatic rings. The molecule has 8 nitrogen and oxygen atoms in total. The average Bonchev–Trinajstić information content (AvgIpc) is 3.11. The lowest BCUT2D eigenvalue weighted by atomic mass is 9.92. The predicted octanol–water partition coefficient (Wildman–Crippen LogP) is 1.31. The van der Waals surface area contributed by atoms with Crippen molar-refractivity contribution in [3.8, 4) is 6.07 Å². The Bertz CT molecular complexity index is 830. The van der Waals surface area contributed by atoms with Gasteiger partial charge in [0.05, 0.1) is 6.04 Å². The van der Waals surface area contributed by atoms with Crippen LogP contribution in [0.25, 0.3) is 0 Å². The summed E-state index contributed by atoms with van der Waals surface area (Å²) in [5.41, 5.74) is 0.399. The molecule has 0 amide bonds. The van der Waals surface area contributed by atoms with Crippen LogP contribution in [0.1, 0.15) is 18.5 Å². The van der Waals surface area contributed by atoms with E-state index in [0.717, 1.165) is 44.2 Å². The minimum Gasteiger partial charge on any atom is -0.363 e. The maximum atomic E-state index is 9.37. The van der Waals surface area contributed by atoms with Gasteiger partial charge in [-0.3, -0.25) is 0 Å². The highest BCUT2D eigenvalue weighted by Gasteiger charge is 2.40. The maximum Gasteiger partial charge on any atom is 0.227 e. The first-order chi connectivity index (χ1) is 12.7. The first-order valence-electron chi connectivity index (χ1n) is 8.90. The Balaban J connectivity index is 1.59. The van der Waals surface area contributed by atoms with Crippen LogP contribution >= 0.6 is 0 Å². The highest BCUT2D eigenvalue weighted by atomic mass is 15.3. The molecule has 0 aromatic carbocycles. The van der Waals surface area contributed by atoms with Crippen molar-refractivity contribution in [1.82, 2.24) is 19.9 Å². The molecule has 4 rings (SSSR count). The van der Waals surface area contributed by atoms with Crippen LogP contribution < -0.4 is 14.7 Å². The Morgan fingerprint density at radius 1 is 1.12 bits per heavy atom. The van der Waals surface area contributed by atoms with Crippen LogP contribution in [0.15, 0.2) is 24.7 Å². The zero-order chi connectivity index (χ0) is 18.1. The number of rotatable bonds is 3. The summed E-state index contributed by atoms with van der Waals surface area (Å²) >= 11 is 0. The largest absolute Gasteiger partial charge is 0.363 e. The van der Waals surface area contributed by atoms with E-state index in [4.69, 9.17) is 0 Å². The second kappa shape index (κ2) is 6.75. The van der Waals surface area contributed by atoms with Gasteiger partial charge < -0.3 is 14.7 Å². The number of anilines is 3. The topological polar surface area (TPSA) is 85.1 Å². The van der Waals surface area contributed by atoms with Gasteiger partial charge in [0.25, 0.3) is 0 Å². The molecule has 134 valence electrons. The van der Waals surface area contributed by atoms with E-state index in [1.807, 2.05) is 31.3 Å². The van der Waals surface area contributed by atoms with Gasteiger partial charge in [-0.1, -0.05) is 0 Å². The second-order valence-corrected chi connectivity index (χ2v) is 6.99. The second-order valence-electron chi connectivity index (χ2n) is 6.99. The molecule has 2 fully saturated rings. The fraction of sp³-hybridized carbons (Fsp3) is 0.500. The monoisotopic (exact) mass is 350 g/mol. The molecule has 0 spiro atoms. The molecule has 8 heteroatoms. The van der Waals surface area contributed by atoms with Crippen LogP contribution in [-0.2, 0) is 0 Å². The Kier molecular flexibility index (Phi) is 4.29. The van der Waals surface area contributed by atoms with Crippen molar-refractivity contribution in [2.24, 2.45) is 5.92 Å². The van der Waals surface area contributed by atoms with E-state index in [1.165, 1.54) is 0 Å². The van der Waals surface area contributed by atoms with E-state index in [0.29, 0.717) is 23.5 Å². The van der Waals surface area contributed by atoms with Crippen LogP contribution in [-0.4, -0.2) is 59.7 Å². The van der Waals surface area contributed by atoms with E-state index in [2.05, 4.69) is 35.8 Å². The van der Waals surface area contributed by atoms with E-state index < -0.39 is 0 Å². The van der Waals surface area contributed by atoms with Crippen molar-refractivity contribution >= 4 is 17.6 Å². The fourth-order valence-electron chi connectivity index (χ4n) is 3.95. The molecule has 2 aliphatic rings. The van der Waals surface area contributed by atoms with Gasteiger partial charge in [0.15, 0.2) is 11.5 Å². The third-order valence-electron chi connectivity index (χ3n) is 5.29. The van der Waals surface area contributed by atoms with Gasteiger partial charge in [-0.15, -0.1) is 0 Å². The Labute approximate surface area is 153 Å². The number of nitriles is 1. The van der Waals surface area contributed by atoms with Gasteiger partial charge in [0.1, 0.15) is 11.9 Å². The molecule has 26 heavy (non-hydrogen) atoms. The smallest absolute Gasteiger partial charge is 0.227 e. The molecule has 0 N–H and O–H groups in total. The number of hydrogen-bond acceptors (Lipinski definition) is 8. The Hall–Kier alpha value is -2.95. The molecular formula is C18H22N8. The van der Waals surface area contributed by atoms with Crippen LogP contribution in [0.2, 0.25) is 0 Å². The summed E-state index contributed by atoms with van der Waals surface area (Å²) < 4.78 is 0. The zero-order valence-electron chi connectivity index (χ0n) is 15.1. The lowest BCUT2D eigenvalue weighted by Crippen LogP contribution is -2.49. The molecule has 2 aromatic heterocycles. The summed E-state index contributed by atoms with van der Waals surface area (Å²) in [6, 6.07) is 4.39. The summed E-state index contributed by atoms with van der Waals surface area (Å²) in [6.45, 7) is 2.70. The molecule has 0 bridgehead atoms. The maximum absolute atomic E-state index is 9.37. The van der Waals surface area contributed by atoms with Gasteiger partial charge >= 0.3 is 0 Å². The molecular weight excluding hydrogens is 328 g/mol. The van der Waals surface area contributed by atoms with Crippen LogP contribution in [0, 0.1) is 17.2 Å². The van der Waals surface area contributed by atoms with Gasteiger partial charge in [-0.25, -0.2) is 15.0 Å². The van der Waals surface area contributed by atoms with Crippen molar-refractivity contribution < 1.29 is 0 Å². The quantitative estimate of drug-likeness (QED) is 0.819. The molecule has 2 unspecified atom stereocenters. The standard InChI is InChI=1S/C18H22N8/c1-24(2)16-3-6-22-18(23-16)25-9-4-13-5-10-26(15(13)12-25)17-14(11-19)20-7-8-21-17/h3,6-8,13,15H,4-5,9-10,12H2,1-2H3. The third-order valence-corrected chi connectivity index (χ3v) is 5.29. The molecule has 4 heterocycles. The minimum atomic E-state index is 0.305. The average molecular weight is 350 g/mol. The van der Waals surface area contributed by atoms with Crippen LogP contribution in [0.4, 0.5) is 17.6 Å². The Morgan fingerprint density at radius 2 is 1.92 bits per heavy atom. The van der Waals surface area contributed by atoms with Crippen molar-refractivity contribution in [3.05, 3.63) is 30.4 Å². The van der Waals surface area contributed by atoms with E-state index in [9.17, 15) is 5.26 Å². The first kappa shape index (κ1) is 16.5. The summed E-state index contributed by atoms with van der Waals surface area (Å²) in [5.74, 6) is 2.98. The van der Waals surface area contributed by atoms with Gasteiger partial charge in [0, 0.05) is 52.3 Å². The number of nitrogens with zero attached hydrogens (tertiary/aromatic N) is 8. The number of fused-ring (bicyclic) bond motifs is 1. The molecule has 2 saturated heterocycles. The van der Waals surface area contributed by atoms with Crippen molar-refractivity contribution in [1.29, 1.82) is 5.26 Å². The van der Waals surface area contributed by atoms with Crippen molar-refractivity contribution in [2.45, 2.75) is 18.9 Å². The fourth-order valence-corrected chi connectivity index (χ4v) is 3.95. The summed E-state index contributed by atoms with van der Waals surface area (Å²) in [5, 5.41) is 9.37. The van der Waals surface area contributed by atoms with E-state index in [1.54, 1.807) is 12.4 Å². The van der Waals surface area contributed by atoms with Crippen LogP contribution in [0.3, 0.4) is 0 Å². The first-order valence-corrected chi connectivity index (χ1v) is 8.90. The molecule has 0 saturated carbocycles. The normalized spacial score (nSPS) is 22.0. The molecule has 0 radical (unpaired) electrons. The van der Waals surface area contributed by atoms with Gasteiger partial charge in [-0.05, 0) is 24.8 Å². The molecule has 2 aliphatic heterocycles. The van der Waals surface area contributed by atoms with Crippen molar-refractivity contribution in [3.63, 3.8) is 0 Å². The number of aromatic nitrogens is 4.